The maximum atomic E-state index is 13.5. The van der Waals surface area contributed by atoms with Gasteiger partial charge < -0.3 is 15.0 Å². The summed E-state index contributed by atoms with van der Waals surface area (Å²) in [6.45, 7) is -0.645. The van der Waals surface area contributed by atoms with E-state index in [9.17, 15) is 30.7 Å². The maximum Gasteiger partial charge on any atom is 0.433 e. The van der Waals surface area contributed by atoms with Gasteiger partial charge in [-0.15, -0.1) is 5.10 Å². The molecular formula is C20H18F7N7O. The number of rotatable bonds is 5. The number of fused-ring (bicyclic) bond motifs is 3. The van der Waals surface area contributed by atoms with Crippen LogP contribution in [0.15, 0.2) is 24.5 Å². The van der Waals surface area contributed by atoms with Crippen LogP contribution >= 0.6 is 0 Å². The van der Waals surface area contributed by atoms with Crippen LogP contribution in [-0.2, 0) is 6.18 Å². The van der Waals surface area contributed by atoms with E-state index >= 15 is 0 Å². The standard InChI is InChI=1S/C20H18F7N7O/c21-14-5-15(29-9-28-14)33-6-10-1-2-11(7-33)16(10)30-18-31-17-12(35-8-19(22,23)24)3-4-13(20(25,26)27)34(17)32-18/h3-5,9-11,16H,1-2,6-8H2,(H,30,32). The molecule has 1 saturated carbocycles. The highest BCUT2D eigenvalue weighted by Crippen LogP contribution is 2.40. The fourth-order valence-electron chi connectivity index (χ4n) is 4.78. The summed E-state index contributed by atoms with van der Waals surface area (Å²) in [5, 5.41) is 6.97. The molecule has 2 bridgehead atoms. The van der Waals surface area contributed by atoms with E-state index in [4.69, 9.17) is 0 Å². The summed E-state index contributed by atoms with van der Waals surface area (Å²) in [6.07, 6.45) is -6.74. The Morgan fingerprint density at radius 2 is 1.74 bits per heavy atom. The lowest BCUT2D eigenvalue weighted by Gasteiger charge is -2.38. The lowest BCUT2D eigenvalue weighted by atomic mass is 9.92. The molecule has 15 heteroatoms. The van der Waals surface area contributed by atoms with Crippen molar-refractivity contribution >= 4 is 17.4 Å². The number of hydrogen-bond acceptors (Lipinski definition) is 7. The van der Waals surface area contributed by atoms with Gasteiger partial charge in [0.1, 0.15) is 17.8 Å². The minimum atomic E-state index is -4.82. The van der Waals surface area contributed by atoms with Crippen molar-refractivity contribution in [3.8, 4) is 5.75 Å². The number of halogens is 7. The van der Waals surface area contributed by atoms with Crippen LogP contribution in [0, 0.1) is 17.8 Å². The average Bonchev–Trinajstić information content (AvgIpc) is 3.27. The molecule has 3 aromatic heterocycles. The smallest absolute Gasteiger partial charge is 0.433 e. The zero-order valence-corrected chi connectivity index (χ0v) is 17.8. The molecule has 4 heterocycles. The number of aromatic nitrogens is 5. The molecular weight excluding hydrogens is 487 g/mol. The van der Waals surface area contributed by atoms with Gasteiger partial charge in [0.2, 0.25) is 11.9 Å². The first-order chi connectivity index (χ1) is 16.5. The number of nitrogens with one attached hydrogen (secondary N) is 1. The zero-order chi connectivity index (χ0) is 25.0. The van der Waals surface area contributed by atoms with E-state index in [0.29, 0.717) is 29.5 Å². The molecule has 35 heavy (non-hydrogen) atoms. The predicted octanol–water partition coefficient (Wildman–Crippen LogP) is 3.95. The third-order valence-electron chi connectivity index (χ3n) is 6.20. The van der Waals surface area contributed by atoms with Crippen LogP contribution in [0.2, 0.25) is 0 Å². The number of alkyl halides is 6. The van der Waals surface area contributed by atoms with Crippen LogP contribution in [-0.4, -0.2) is 56.5 Å². The van der Waals surface area contributed by atoms with Gasteiger partial charge in [0.15, 0.2) is 18.0 Å². The third kappa shape index (κ3) is 4.75. The monoisotopic (exact) mass is 505 g/mol. The van der Waals surface area contributed by atoms with Crippen molar-refractivity contribution in [1.29, 1.82) is 0 Å². The largest absolute Gasteiger partial charge is 0.480 e. The number of ether oxygens (including phenoxy) is 1. The molecule has 0 amide bonds. The lowest BCUT2D eigenvalue weighted by Crippen LogP contribution is -2.48. The molecule has 3 aromatic rings. The van der Waals surface area contributed by atoms with Crippen LogP contribution in [0.5, 0.6) is 5.75 Å². The minimum Gasteiger partial charge on any atom is -0.480 e. The molecule has 2 fully saturated rings. The molecule has 2 unspecified atom stereocenters. The van der Waals surface area contributed by atoms with Gasteiger partial charge in [-0.2, -0.15) is 35.7 Å². The summed E-state index contributed by atoms with van der Waals surface area (Å²) in [4.78, 5) is 13.5. The molecule has 0 spiro atoms. The second-order valence-corrected chi connectivity index (χ2v) is 8.53. The highest BCUT2D eigenvalue weighted by Gasteiger charge is 2.43. The van der Waals surface area contributed by atoms with Gasteiger partial charge >= 0.3 is 12.4 Å². The van der Waals surface area contributed by atoms with E-state index in [1.165, 1.54) is 6.07 Å². The second kappa shape index (κ2) is 8.37. The quantitative estimate of drug-likeness (QED) is 0.416. The Hall–Kier alpha value is -3.39. The van der Waals surface area contributed by atoms with Gasteiger partial charge in [-0.25, -0.2) is 14.5 Å². The van der Waals surface area contributed by atoms with E-state index in [-0.39, 0.29) is 23.8 Å². The summed E-state index contributed by atoms with van der Waals surface area (Å²) in [5.41, 5.74) is -1.68. The summed E-state index contributed by atoms with van der Waals surface area (Å²) in [7, 11) is 0. The third-order valence-corrected chi connectivity index (χ3v) is 6.20. The Morgan fingerprint density at radius 1 is 1.03 bits per heavy atom. The molecule has 1 N–H and O–H groups in total. The van der Waals surface area contributed by atoms with Crippen LogP contribution in [0.25, 0.3) is 5.65 Å². The predicted molar refractivity (Wildman–Crippen MR) is 107 cm³/mol. The first-order valence-corrected chi connectivity index (χ1v) is 10.6. The number of nitrogens with zero attached hydrogens (tertiary/aromatic N) is 6. The summed E-state index contributed by atoms with van der Waals surface area (Å²) >= 11 is 0. The van der Waals surface area contributed by atoms with Crippen molar-refractivity contribution in [3.05, 3.63) is 36.2 Å². The van der Waals surface area contributed by atoms with E-state index in [0.717, 1.165) is 25.2 Å². The Kier molecular flexibility index (Phi) is 5.59. The molecule has 1 aliphatic carbocycles. The van der Waals surface area contributed by atoms with Gasteiger partial charge in [0.05, 0.1) is 0 Å². The van der Waals surface area contributed by atoms with E-state index in [1.54, 1.807) is 0 Å². The van der Waals surface area contributed by atoms with Crippen molar-refractivity contribution in [2.45, 2.75) is 31.2 Å². The maximum absolute atomic E-state index is 13.5. The van der Waals surface area contributed by atoms with Crippen LogP contribution < -0.4 is 15.0 Å². The summed E-state index contributed by atoms with van der Waals surface area (Å²) in [5.74, 6) is -0.746. The lowest BCUT2D eigenvalue weighted by molar-refractivity contribution is -0.153. The molecule has 2 atom stereocenters. The molecule has 2 aliphatic rings. The topological polar surface area (TPSA) is 80.5 Å². The Labute approximate surface area is 193 Å². The van der Waals surface area contributed by atoms with Gasteiger partial charge in [-0.3, -0.25) is 0 Å². The Morgan fingerprint density at radius 3 is 2.37 bits per heavy atom. The van der Waals surface area contributed by atoms with Gasteiger partial charge in [0, 0.05) is 25.2 Å². The van der Waals surface area contributed by atoms with Crippen molar-refractivity contribution in [2.75, 3.05) is 29.9 Å². The van der Waals surface area contributed by atoms with Crippen LogP contribution in [0.1, 0.15) is 18.5 Å². The SMILES string of the molecule is Fc1cc(N2CC3CCC(C2)C3Nc2nc3c(OCC(F)(F)F)ccc(C(F)(F)F)n3n2)ncn1. The summed E-state index contributed by atoms with van der Waals surface area (Å²) in [6, 6.07) is 2.44. The molecule has 8 nitrogen and oxygen atoms in total. The zero-order valence-electron chi connectivity index (χ0n) is 17.8. The molecule has 0 radical (unpaired) electrons. The first-order valence-electron chi connectivity index (χ1n) is 10.6. The summed E-state index contributed by atoms with van der Waals surface area (Å²) < 4.78 is 96.9. The average molecular weight is 505 g/mol. The fraction of sp³-hybridized carbons (Fsp3) is 0.500. The van der Waals surface area contributed by atoms with E-state index < -0.39 is 42.0 Å². The molecule has 1 aliphatic heterocycles. The highest BCUT2D eigenvalue weighted by molar-refractivity contribution is 5.57. The first kappa shape index (κ1) is 23.4. The van der Waals surface area contributed by atoms with Crippen molar-refractivity contribution in [1.82, 2.24) is 24.6 Å². The van der Waals surface area contributed by atoms with Gasteiger partial charge in [0.25, 0.3) is 0 Å². The van der Waals surface area contributed by atoms with E-state index in [2.05, 4.69) is 30.1 Å². The normalized spacial score (nSPS) is 22.6. The molecule has 1 saturated heterocycles. The Balaban J connectivity index is 1.40. The number of hydrogen-bond donors (Lipinski definition) is 1. The van der Waals surface area contributed by atoms with Crippen LogP contribution in [0.3, 0.4) is 0 Å². The highest BCUT2D eigenvalue weighted by atomic mass is 19.4. The van der Waals surface area contributed by atoms with Crippen molar-refractivity contribution in [2.24, 2.45) is 11.8 Å². The van der Waals surface area contributed by atoms with Crippen molar-refractivity contribution < 1.29 is 35.5 Å². The number of pyridine rings is 1. The molecule has 5 rings (SSSR count). The fourth-order valence-corrected chi connectivity index (χ4v) is 4.78. The molecule has 0 aromatic carbocycles. The van der Waals surface area contributed by atoms with Gasteiger partial charge in [-0.1, -0.05) is 0 Å². The van der Waals surface area contributed by atoms with Crippen LogP contribution in [0.4, 0.5) is 42.5 Å². The number of piperidine rings is 1. The minimum absolute atomic E-state index is 0.0430. The second-order valence-electron chi connectivity index (χ2n) is 8.53. The Bertz CT molecular complexity index is 1210. The van der Waals surface area contributed by atoms with Crippen molar-refractivity contribution in [3.63, 3.8) is 0 Å². The molecule has 188 valence electrons. The number of anilines is 2. The van der Waals surface area contributed by atoms with E-state index in [1.807, 2.05) is 4.90 Å². The van der Waals surface area contributed by atoms with Gasteiger partial charge in [-0.05, 0) is 36.8 Å².